The lowest BCUT2D eigenvalue weighted by molar-refractivity contribution is -0.119. The van der Waals surface area contributed by atoms with Crippen LogP contribution >= 0.6 is 15.9 Å². The van der Waals surface area contributed by atoms with Crippen LogP contribution in [0.15, 0.2) is 22.7 Å². The van der Waals surface area contributed by atoms with E-state index >= 15 is 0 Å². The first-order valence-corrected chi connectivity index (χ1v) is 5.18. The van der Waals surface area contributed by atoms with Crippen molar-refractivity contribution in [1.29, 1.82) is 0 Å². The molecular formula is C10H9BrFNO. The van der Waals surface area contributed by atoms with Crippen molar-refractivity contribution in [2.24, 2.45) is 0 Å². The number of hydrogen-bond acceptors (Lipinski definition) is 1. The van der Waals surface area contributed by atoms with Gasteiger partial charge in [0, 0.05) is 23.4 Å². The van der Waals surface area contributed by atoms with Crippen LogP contribution in [0.5, 0.6) is 0 Å². The van der Waals surface area contributed by atoms with E-state index < -0.39 is 0 Å². The number of halogens is 2. The molecule has 0 bridgehead atoms. The SMILES string of the molecule is O=C1CC(c2ccc(F)cc2Br)CN1. The maximum Gasteiger partial charge on any atom is 0.220 e. The normalized spacial score (nSPS) is 21.0. The molecule has 1 fully saturated rings. The van der Waals surface area contributed by atoms with E-state index in [1.165, 1.54) is 12.1 Å². The Labute approximate surface area is 89.6 Å². The van der Waals surface area contributed by atoms with E-state index in [9.17, 15) is 9.18 Å². The molecule has 1 atom stereocenters. The first kappa shape index (κ1) is 9.65. The van der Waals surface area contributed by atoms with Crippen LogP contribution in [0.4, 0.5) is 4.39 Å². The zero-order chi connectivity index (χ0) is 10.1. The molecule has 1 unspecified atom stereocenters. The Bertz CT molecular complexity index is 380. The number of rotatable bonds is 1. The van der Waals surface area contributed by atoms with Crippen LogP contribution in [0.25, 0.3) is 0 Å². The molecule has 2 rings (SSSR count). The van der Waals surface area contributed by atoms with Crippen LogP contribution in [0.2, 0.25) is 0 Å². The molecule has 1 saturated heterocycles. The first-order chi connectivity index (χ1) is 6.66. The highest BCUT2D eigenvalue weighted by Gasteiger charge is 2.24. The Balaban J connectivity index is 2.28. The maximum atomic E-state index is 12.8. The molecule has 0 saturated carbocycles. The van der Waals surface area contributed by atoms with Gasteiger partial charge in [0.05, 0.1) is 0 Å². The first-order valence-electron chi connectivity index (χ1n) is 4.38. The summed E-state index contributed by atoms with van der Waals surface area (Å²) in [7, 11) is 0. The molecule has 1 N–H and O–H groups in total. The van der Waals surface area contributed by atoms with Crippen molar-refractivity contribution in [2.45, 2.75) is 12.3 Å². The van der Waals surface area contributed by atoms with E-state index in [2.05, 4.69) is 21.2 Å². The van der Waals surface area contributed by atoms with Crippen molar-refractivity contribution in [3.63, 3.8) is 0 Å². The molecule has 4 heteroatoms. The smallest absolute Gasteiger partial charge is 0.220 e. The monoisotopic (exact) mass is 257 g/mol. The van der Waals surface area contributed by atoms with Crippen LogP contribution in [0, 0.1) is 5.82 Å². The van der Waals surface area contributed by atoms with Gasteiger partial charge in [0.2, 0.25) is 5.91 Å². The largest absolute Gasteiger partial charge is 0.355 e. The molecule has 0 aliphatic carbocycles. The van der Waals surface area contributed by atoms with Crippen molar-refractivity contribution in [1.82, 2.24) is 5.32 Å². The van der Waals surface area contributed by atoms with E-state index in [0.29, 0.717) is 13.0 Å². The lowest BCUT2D eigenvalue weighted by Crippen LogP contribution is -2.13. The summed E-state index contributed by atoms with van der Waals surface area (Å²) in [6, 6.07) is 4.57. The minimum Gasteiger partial charge on any atom is -0.355 e. The van der Waals surface area contributed by atoms with Gasteiger partial charge in [-0.3, -0.25) is 4.79 Å². The van der Waals surface area contributed by atoms with Crippen molar-refractivity contribution >= 4 is 21.8 Å². The molecule has 0 radical (unpaired) electrons. The Morgan fingerprint density at radius 2 is 2.29 bits per heavy atom. The number of benzene rings is 1. The van der Waals surface area contributed by atoms with E-state index in [-0.39, 0.29) is 17.6 Å². The van der Waals surface area contributed by atoms with Gasteiger partial charge < -0.3 is 5.32 Å². The van der Waals surface area contributed by atoms with E-state index in [0.717, 1.165) is 10.0 Å². The van der Waals surface area contributed by atoms with Crippen molar-refractivity contribution < 1.29 is 9.18 Å². The van der Waals surface area contributed by atoms with Crippen LogP contribution in [0.1, 0.15) is 17.9 Å². The molecule has 14 heavy (non-hydrogen) atoms. The van der Waals surface area contributed by atoms with Gasteiger partial charge in [0.1, 0.15) is 5.82 Å². The number of carbonyl (C=O) groups excluding carboxylic acids is 1. The quantitative estimate of drug-likeness (QED) is 0.821. The minimum atomic E-state index is -0.266. The average Bonchev–Trinajstić information content (AvgIpc) is 2.51. The van der Waals surface area contributed by atoms with Crippen molar-refractivity contribution in [3.05, 3.63) is 34.1 Å². The highest BCUT2D eigenvalue weighted by Crippen LogP contribution is 2.29. The molecular weight excluding hydrogens is 249 g/mol. The van der Waals surface area contributed by atoms with Gasteiger partial charge in [-0.1, -0.05) is 22.0 Å². The second-order valence-corrected chi connectivity index (χ2v) is 4.23. The fourth-order valence-corrected chi connectivity index (χ4v) is 2.33. The van der Waals surface area contributed by atoms with Crippen LogP contribution < -0.4 is 5.32 Å². The van der Waals surface area contributed by atoms with Crippen LogP contribution in [0.3, 0.4) is 0 Å². The fraction of sp³-hybridized carbons (Fsp3) is 0.300. The summed E-state index contributed by atoms with van der Waals surface area (Å²) in [6.07, 6.45) is 0.490. The second-order valence-electron chi connectivity index (χ2n) is 3.37. The lowest BCUT2D eigenvalue weighted by atomic mass is 9.98. The Morgan fingerprint density at radius 3 is 2.86 bits per heavy atom. The summed E-state index contributed by atoms with van der Waals surface area (Å²) in [5.41, 5.74) is 0.991. The van der Waals surface area contributed by atoms with Gasteiger partial charge in [-0.2, -0.15) is 0 Å². The average molecular weight is 258 g/mol. The topological polar surface area (TPSA) is 29.1 Å². The molecule has 1 amide bonds. The lowest BCUT2D eigenvalue weighted by Gasteiger charge is -2.09. The third-order valence-corrected chi connectivity index (χ3v) is 3.07. The summed E-state index contributed by atoms with van der Waals surface area (Å²) in [4.78, 5) is 11.0. The maximum absolute atomic E-state index is 12.8. The number of amides is 1. The number of carbonyl (C=O) groups is 1. The van der Waals surface area contributed by atoms with Gasteiger partial charge in [0.25, 0.3) is 0 Å². The highest BCUT2D eigenvalue weighted by molar-refractivity contribution is 9.10. The summed E-state index contributed by atoms with van der Waals surface area (Å²) in [5.74, 6) is -0.0402. The third-order valence-electron chi connectivity index (χ3n) is 2.38. The van der Waals surface area contributed by atoms with Gasteiger partial charge >= 0.3 is 0 Å². The molecule has 2 nitrogen and oxygen atoms in total. The summed E-state index contributed by atoms with van der Waals surface area (Å²) >= 11 is 3.30. The molecule has 1 aliphatic rings. The molecule has 74 valence electrons. The Hall–Kier alpha value is -0.900. The van der Waals surface area contributed by atoms with Crippen molar-refractivity contribution in [3.8, 4) is 0 Å². The minimum absolute atomic E-state index is 0.0613. The fourth-order valence-electron chi connectivity index (χ4n) is 1.66. The third kappa shape index (κ3) is 1.80. The molecule has 0 spiro atoms. The van der Waals surface area contributed by atoms with Crippen LogP contribution in [-0.2, 0) is 4.79 Å². The van der Waals surface area contributed by atoms with Gasteiger partial charge in [-0.25, -0.2) is 4.39 Å². The Morgan fingerprint density at radius 1 is 1.50 bits per heavy atom. The summed E-state index contributed by atoms with van der Waals surface area (Å²) in [5, 5.41) is 2.76. The summed E-state index contributed by atoms with van der Waals surface area (Å²) in [6.45, 7) is 0.642. The molecule has 0 aromatic heterocycles. The predicted molar refractivity (Wildman–Crippen MR) is 54.5 cm³/mol. The Kier molecular flexibility index (Phi) is 2.54. The number of nitrogens with one attached hydrogen (secondary N) is 1. The molecule has 1 aliphatic heterocycles. The summed E-state index contributed by atoms with van der Waals surface area (Å²) < 4.78 is 13.5. The van der Waals surface area contributed by atoms with E-state index in [4.69, 9.17) is 0 Å². The van der Waals surface area contributed by atoms with Crippen LogP contribution in [-0.4, -0.2) is 12.5 Å². The standard InChI is InChI=1S/C10H9BrFNO/c11-9-4-7(12)1-2-8(9)6-3-10(14)13-5-6/h1-2,4,6H,3,5H2,(H,13,14). The van der Waals surface area contributed by atoms with Gasteiger partial charge in [0.15, 0.2) is 0 Å². The molecule has 1 aromatic carbocycles. The zero-order valence-corrected chi connectivity index (χ0v) is 8.97. The second kappa shape index (κ2) is 3.69. The van der Waals surface area contributed by atoms with Crippen molar-refractivity contribution in [2.75, 3.05) is 6.54 Å². The van der Waals surface area contributed by atoms with Gasteiger partial charge in [-0.15, -0.1) is 0 Å². The van der Waals surface area contributed by atoms with E-state index in [1.54, 1.807) is 6.07 Å². The van der Waals surface area contributed by atoms with E-state index in [1.807, 2.05) is 0 Å². The number of hydrogen-bond donors (Lipinski definition) is 1. The highest BCUT2D eigenvalue weighted by atomic mass is 79.9. The predicted octanol–water partition coefficient (Wildman–Crippen LogP) is 2.19. The molecule has 1 heterocycles. The zero-order valence-electron chi connectivity index (χ0n) is 7.39. The van der Waals surface area contributed by atoms with Gasteiger partial charge in [-0.05, 0) is 17.7 Å². The molecule has 1 aromatic rings.